The highest BCUT2D eigenvalue weighted by Crippen LogP contribution is 2.43. The van der Waals surface area contributed by atoms with E-state index in [4.69, 9.17) is 22.1 Å². The van der Waals surface area contributed by atoms with Crippen molar-refractivity contribution in [1.29, 1.82) is 0 Å². The Balaban J connectivity index is 1.40. The number of benzene rings is 2. The molecule has 5 rings (SSSR count). The van der Waals surface area contributed by atoms with Gasteiger partial charge < -0.3 is 19.9 Å². The number of carbonyl (C=O) groups is 3. The third kappa shape index (κ3) is 4.70. The lowest BCUT2D eigenvalue weighted by molar-refractivity contribution is -0.116. The molecule has 0 bridgehead atoms. The second kappa shape index (κ2) is 10.2. The zero-order chi connectivity index (χ0) is 26.9. The summed E-state index contributed by atoms with van der Waals surface area (Å²) in [7, 11) is 0. The van der Waals surface area contributed by atoms with Gasteiger partial charge in [-0.3, -0.25) is 14.9 Å². The minimum absolute atomic E-state index is 0.0444. The van der Waals surface area contributed by atoms with Gasteiger partial charge in [0.25, 0.3) is 5.91 Å². The second-order valence-electron chi connectivity index (χ2n) is 9.34. The standard InChI is InChI=1S/C29H27ClN4O4/c1-2-3-4-8-23(31)26(35)18-34-17-21(20-11-10-19(30)16-25(20)34)27(36)33-14-12-29(13-15-33)22-7-5-6-9-24(22)32-28(37)38-29/h2-11,16-17H,1,12-15,18,31H2,(H,32,37)/b4-3-,23-8-. The number of carbonyl (C=O) groups excluding carboxylic acids is 3. The molecule has 2 amide bonds. The number of aromatic nitrogens is 1. The van der Waals surface area contributed by atoms with Crippen LogP contribution in [0.2, 0.25) is 5.02 Å². The SMILES string of the molecule is C=C/C=C\C=C(/N)C(=O)Cn1cc(C(=O)N2CCC3(CC2)OC(=O)Nc2ccccc23)c2ccc(Cl)cc21. The van der Waals surface area contributed by atoms with E-state index in [1.165, 1.54) is 6.08 Å². The summed E-state index contributed by atoms with van der Waals surface area (Å²) in [5.41, 5.74) is 8.06. The maximum absolute atomic E-state index is 13.7. The van der Waals surface area contributed by atoms with Crippen LogP contribution in [0.1, 0.15) is 28.8 Å². The van der Waals surface area contributed by atoms with E-state index >= 15 is 0 Å². The number of para-hydroxylation sites is 1. The summed E-state index contributed by atoms with van der Waals surface area (Å²) >= 11 is 6.25. The third-order valence-corrected chi connectivity index (χ3v) is 7.27. The number of hydrogen-bond acceptors (Lipinski definition) is 5. The van der Waals surface area contributed by atoms with E-state index in [0.717, 1.165) is 11.3 Å². The molecule has 1 fully saturated rings. The highest BCUT2D eigenvalue weighted by atomic mass is 35.5. The van der Waals surface area contributed by atoms with Crippen LogP contribution in [0.15, 0.2) is 85.2 Å². The molecule has 38 heavy (non-hydrogen) atoms. The number of nitrogens with two attached hydrogens (primary N) is 1. The Morgan fingerprint density at radius 2 is 1.92 bits per heavy atom. The molecule has 2 aliphatic heterocycles. The Morgan fingerprint density at radius 3 is 2.68 bits per heavy atom. The number of likely N-dealkylation sites (tertiary alicyclic amines) is 1. The van der Waals surface area contributed by atoms with Crippen LogP contribution in [0.3, 0.4) is 0 Å². The monoisotopic (exact) mass is 530 g/mol. The molecule has 1 aromatic heterocycles. The largest absolute Gasteiger partial charge is 0.438 e. The molecule has 9 heteroatoms. The average molecular weight is 531 g/mol. The van der Waals surface area contributed by atoms with Crippen LogP contribution in [0.25, 0.3) is 10.9 Å². The fraction of sp³-hybridized carbons (Fsp3) is 0.207. The molecule has 2 aromatic carbocycles. The van der Waals surface area contributed by atoms with Crippen molar-refractivity contribution in [2.75, 3.05) is 18.4 Å². The molecule has 8 nitrogen and oxygen atoms in total. The molecule has 0 saturated carbocycles. The van der Waals surface area contributed by atoms with Crippen molar-refractivity contribution in [3.05, 3.63) is 101 Å². The molecule has 1 saturated heterocycles. The lowest BCUT2D eigenvalue weighted by atomic mass is 9.82. The van der Waals surface area contributed by atoms with Crippen molar-refractivity contribution in [1.82, 2.24) is 9.47 Å². The maximum Gasteiger partial charge on any atom is 0.412 e. The average Bonchev–Trinajstić information content (AvgIpc) is 3.26. The quantitative estimate of drug-likeness (QED) is 0.339. The number of ether oxygens (including phenoxy) is 1. The number of piperidine rings is 1. The van der Waals surface area contributed by atoms with Gasteiger partial charge in [0.1, 0.15) is 5.60 Å². The maximum atomic E-state index is 13.7. The third-order valence-electron chi connectivity index (χ3n) is 7.03. The van der Waals surface area contributed by atoms with Gasteiger partial charge in [-0.1, -0.05) is 60.7 Å². The van der Waals surface area contributed by atoms with E-state index in [1.54, 1.807) is 52.1 Å². The Kier molecular flexibility index (Phi) is 6.82. The Labute approximate surface area is 225 Å². The zero-order valence-electron chi connectivity index (χ0n) is 20.7. The molecule has 1 spiro atoms. The number of allylic oxidation sites excluding steroid dienone is 5. The lowest BCUT2D eigenvalue weighted by Gasteiger charge is -2.44. The van der Waals surface area contributed by atoms with Gasteiger partial charge in [0.05, 0.1) is 29.0 Å². The molecule has 0 aliphatic carbocycles. The summed E-state index contributed by atoms with van der Waals surface area (Å²) < 4.78 is 7.49. The number of fused-ring (bicyclic) bond motifs is 3. The van der Waals surface area contributed by atoms with Gasteiger partial charge in [-0.05, 0) is 24.3 Å². The Morgan fingerprint density at radius 1 is 1.16 bits per heavy atom. The second-order valence-corrected chi connectivity index (χ2v) is 9.78. The van der Waals surface area contributed by atoms with Gasteiger partial charge in [0, 0.05) is 48.1 Å². The number of anilines is 1. The number of nitrogens with one attached hydrogen (secondary N) is 1. The Hall–Kier alpha value is -4.30. The minimum atomic E-state index is -0.770. The molecule has 2 aliphatic rings. The van der Waals surface area contributed by atoms with Crippen molar-refractivity contribution in [3.63, 3.8) is 0 Å². The van der Waals surface area contributed by atoms with E-state index in [2.05, 4.69) is 11.9 Å². The molecule has 3 heterocycles. The van der Waals surface area contributed by atoms with Crippen LogP contribution < -0.4 is 11.1 Å². The van der Waals surface area contributed by atoms with Gasteiger partial charge >= 0.3 is 6.09 Å². The highest BCUT2D eigenvalue weighted by molar-refractivity contribution is 6.31. The van der Waals surface area contributed by atoms with E-state index in [-0.39, 0.29) is 23.9 Å². The van der Waals surface area contributed by atoms with Gasteiger partial charge in [-0.25, -0.2) is 4.79 Å². The molecule has 3 N–H and O–H groups in total. The molecular weight excluding hydrogens is 504 g/mol. The number of amides is 2. The summed E-state index contributed by atoms with van der Waals surface area (Å²) in [5.74, 6) is -0.453. The van der Waals surface area contributed by atoms with E-state index in [0.29, 0.717) is 47.4 Å². The van der Waals surface area contributed by atoms with Crippen molar-refractivity contribution in [3.8, 4) is 0 Å². The van der Waals surface area contributed by atoms with Gasteiger partial charge in [-0.2, -0.15) is 0 Å². The molecule has 0 radical (unpaired) electrons. The normalized spacial score (nSPS) is 16.8. The first kappa shape index (κ1) is 25.4. The highest BCUT2D eigenvalue weighted by Gasteiger charge is 2.45. The predicted octanol–water partition coefficient (Wildman–Crippen LogP) is 5.14. The number of rotatable bonds is 6. The van der Waals surface area contributed by atoms with E-state index < -0.39 is 11.7 Å². The van der Waals surface area contributed by atoms with Crippen LogP contribution in [0, 0.1) is 0 Å². The zero-order valence-corrected chi connectivity index (χ0v) is 21.4. The van der Waals surface area contributed by atoms with Crippen LogP contribution in [0.5, 0.6) is 0 Å². The number of nitrogens with zero attached hydrogens (tertiary/aromatic N) is 2. The van der Waals surface area contributed by atoms with Crippen LogP contribution in [-0.2, 0) is 21.7 Å². The van der Waals surface area contributed by atoms with Crippen molar-refractivity contribution < 1.29 is 19.1 Å². The number of Topliss-reactive ketones (excluding diaryl/α,β-unsaturated/α-hetero) is 1. The summed E-state index contributed by atoms with van der Waals surface area (Å²) in [5, 5.41) is 3.94. The number of hydrogen-bond donors (Lipinski definition) is 2. The lowest BCUT2D eigenvalue weighted by Crippen LogP contribution is -2.49. The Bertz CT molecular complexity index is 1510. The van der Waals surface area contributed by atoms with Crippen molar-refractivity contribution in [2.24, 2.45) is 5.73 Å². The van der Waals surface area contributed by atoms with Crippen LogP contribution >= 0.6 is 11.6 Å². The topological polar surface area (TPSA) is 107 Å². The summed E-state index contributed by atoms with van der Waals surface area (Å²) in [6, 6.07) is 12.8. The van der Waals surface area contributed by atoms with Crippen LogP contribution in [-0.4, -0.2) is 40.3 Å². The molecule has 0 atom stereocenters. The molecule has 194 valence electrons. The van der Waals surface area contributed by atoms with Crippen LogP contribution in [0.4, 0.5) is 10.5 Å². The smallest absolute Gasteiger partial charge is 0.412 e. The van der Waals surface area contributed by atoms with Gasteiger partial charge in [0.2, 0.25) is 0 Å². The minimum Gasteiger partial charge on any atom is -0.438 e. The first-order valence-corrected chi connectivity index (χ1v) is 12.6. The van der Waals surface area contributed by atoms with Gasteiger partial charge in [-0.15, -0.1) is 0 Å². The fourth-order valence-electron chi connectivity index (χ4n) is 5.11. The van der Waals surface area contributed by atoms with Crippen molar-refractivity contribution >= 4 is 46.0 Å². The van der Waals surface area contributed by atoms with E-state index in [9.17, 15) is 14.4 Å². The predicted molar refractivity (Wildman–Crippen MR) is 147 cm³/mol. The molecule has 3 aromatic rings. The van der Waals surface area contributed by atoms with Gasteiger partial charge in [0.15, 0.2) is 5.78 Å². The summed E-state index contributed by atoms with van der Waals surface area (Å²) in [6.07, 6.45) is 8.57. The van der Waals surface area contributed by atoms with E-state index in [1.807, 2.05) is 24.3 Å². The number of halogens is 1. The molecule has 0 unspecified atom stereocenters. The first-order valence-electron chi connectivity index (χ1n) is 12.3. The first-order chi connectivity index (χ1) is 18.3. The molecular formula is C29H27ClN4O4. The summed E-state index contributed by atoms with van der Waals surface area (Å²) in [4.78, 5) is 40.5. The fourth-order valence-corrected chi connectivity index (χ4v) is 5.28. The van der Waals surface area contributed by atoms with Crippen molar-refractivity contribution in [2.45, 2.75) is 25.0 Å². The summed E-state index contributed by atoms with van der Waals surface area (Å²) in [6.45, 7) is 4.36. The number of ketones is 1.